The van der Waals surface area contributed by atoms with Crippen molar-refractivity contribution < 1.29 is 14.4 Å². The fourth-order valence-electron chi connectivity index (χ4n) is 4.44. The Morgan fingerprint density at radius 3 is 1.92 bits per heavy atom. The Hall–Kier alpha value is -4.27. The number of barbiturate groups is 1. The smallest absolute Gasteiger partial charge is 0.302 e. The van der Waals surface area contributed by atoms with Gasteiger partial charge in [-0.2, -0.15) is 0 Å². The standard InChI is InChI=1S/C30H23N3O3S2/c1-17-4-8-21(9-5-17)33(22-10-6-18(2)7-11-22)27-15-20-14-25-19(13-26(20)38-27)12-23(37-25)16-24-28(34)31-30(36)32(3)29(24)35/h4-16H,1-3H3,(H,31,34,36)/b24-16+. The summed E-state index contributed by atoms with van der Waals surface area (Å²) in [5, 5.41) is 5.47. The molecule has 0 atom stereocenters. The van der Waals surface area contributed by atoms with E-state index in [2.05, 4.69) is 90.8 Å². The van der Waals surface area contributed by atoms with Crippen LogP contribution in [-0.4, -0.2) is 29.8 Å². The fourth-order valence-corrected chi connectivity index (χ4v) is 6.61. The molecule has 0 spiro atoms. The van der Waals surface area contributed by atoms with Crippen molar-refractivity contribution in [1.82, 2.24) is 10.2 Å². The summed E-state index contributed by atoms with van der Waals surface area (Å²) in [7, 11) is 1.35. The van der Waals surface area contributed by atoms with Gasteiger partial charge in [-0.05, 0) is 79.2 Å². The minimum Gasteiger partial charge on any atom is -0.302 e. The second kappa shape index (κ2) is 9.24. The van der Waals surface area contributed by atoms with Gasteiger partial charge in [0, 0.05) is 32.7 Å². The largest absolute Gasteiger partial charge is 0.331 e. The number of benzene rings is 3. The van der Waals surface area contributed by atoms with E-state index in [0.29, 0.717) is 0 Å². The highest BCUT2D eigenvalue weighted by molar-refractivity contribution is 7.23. The maximum absolute atomic E-state index is 12.5. The van der Waals surface area contributed by atoms with E-state index in [-0.39, 0.29) is 5.57 Å². The van der Waals surface area contributed by atoms with Crippen LogP contribution < -0.4 is 10.2 Å². The molecule has 0 saturated carbocycles. The van der Waals surface area contributed by atoms with E-state index in [9.17, 15) is 14.4 Å². The molecule has 0 bridgehead atoms. The molecular weight excluding hydrogens is 514 g/mol. The van der Waals surface area contributed by atoms with E-state index in [1.807, 2.05) is 6.07 Å². The number of anilines is 3. The monoisotopic (exact) mass is 537 g/mol. The van der Waals surface area contributed by atoms with Crippen molar-refractivity contribution in [1.29, 1.82) is 0 Å². The minimum atomic E-state index is -0.713. The Balaban J connectivity index is 1.40. The summed E-state index contributed by atoms with van der Waals surface area (Å²) in [6, 6.07) is 24.8. The zero-order chi connectivity index (χ0) is 26.6. The summed E-state index contributed by atoms with van der Waals surface area (Å²) in [6.07, 6.45) is 1.56. The number of fused-ring (bicyclic) bond motifs is 2. The van der Waals surface area contributed by atoms with Crippen molar-refractivity contribution in [2.75, 3.05) is 11.9 Å². The van der Waals surface area contributed by atoms with Gasteiger partial charge in [0.25, 0.3) is 11.8 Å². The van der Waals surface area contributed by atoms with Gasteiger partial charge in [-0.15, -0.1) is 22.7 Å². The van der Waals surface area contributed by atoms with Crippen molar-refractivity contribution in [3.8, 4) is 0 Å². The van der Waals surface area contributed by atoms with Gasteiger partial charge in [0.15, 0.2) is 0 Å². The Kier molecular flexibility index (Phi) is 5.86. The first-order valence-corrected chi connectivity index (χ1v) is 13.7. The number of amides is 4. The highest BCUT2D eigenvalue weighted by Crippen LogP contribution is 2.43. The number of nitrogens with zero attached hydrogens (tertiary/aromatic N) is 2. The summed E-state index contributed by atoms with van der Waals surface area (Å²) in [5.74, 6) is -1.28. The summed E-state index contributed by atoms with van der Waals surface area (Å²) in [4.78, 5) is 40.4. The van der Waals surface area contributed by atoms with Crippen LogP contribution in [0.5, 0.6) is 0 Å². The van der Waals surface area contributed by atoms with Gasteiger partial charge in [0.1, 0.15) is 10.6 Å². The highest BCUT2D eigenvalue weighted by atomic mass is 32.1. The number of likely N-dealkylation sites (N-methyl/N-ethyl adjacent to an activating group) is 1. The first-order chi connectivity index (χ1) is 18.3. The van der Waals surface area contributed by atoms with Crippen molar-refractivity contribution in [2.24, 2.45) is 0 Å². The van der Waals surface area contributed by atoms with Crippen LogP contribution in [0.3, 0.4) is 0 Å². The number of carbonyl (C=O) groups is 3. The van der Waals surface area contributed by atoms with Crippen molar-refractivity contribution in [2.45, 2.75) is 13.8 Å². The predicted molar refractivity (Wildman–Crippen MR) is 156 cm³/mol. The van der Waals surface area contributed by atoms with E-state index >= 15 is 0 Å². The van der Waals surface area contributed by atoms with Crippen LogP contribution in [0, 0.1) is 13.8 Å². The molecule has 0 aliphatic carbocycles. The number of rotatable bonds is 4. The molecule has 3 heterocycles. The second-order valence-electron chi connectivity index (χ2n) is 9.35. The van der Waals surface area contributed by atoms with Crippen LogP contribution in [0.25, 0.3) is 26.2 Å². The molecule has 1 aliphatic rings. The fraction of sp³-hybridized carbons (Fsp3) is 0.100. The number of hydrogen-bond donors (Lipinski definition) is 1. The lowest BCUT2D eigenvalue weighted by Gasteiger charge is -2.23. The summed E-state index contributed by atoms with van der Waals surface area (Å²) >= 11 is 3.22. The summed E-state index contributed by atoms with van der Waals surface area (Å²) in [5.41, 5.74) is 4.58. The summed E-state index contributed by atoms with van der Waals surface area (Å²) in [6.45, 7) is 4.18. The number of nitrogens with one attached hydrogen (secondary N) is 1. The normalized spacial score (nSPS) is 15.1. The number of carbonyl (C=O) groups excluding carboxylic acids is 3. The first-order valence-electron chi connectivity index (χ1n) is 12.0. The molecule has 0 radical (unpaired) electrons. The van der Waals surface area contributed by atoms with Gasteiger partial charge in [0.05, 0.1) is 0 Å². The third kappa shape index (κ3) is 4.27. The highest BCUT2D eigenvalue weighted by Gasteiger charge is 2.33. The Morgan fingerprint density at radius 2 is 1.32 bits per heavy atom. The number of aryl methyl sites for hydroxylation is 2. The molecule has 4 amide bonds. The van der Waals surface area contributed by atoms with Crippen LogP contribution in [0.15, 0.2) is 78.4 Å². The molecule has 2 aromatic heterocycles. The van der Waals surface area contributed by atoms with Crippen LogP contribution >= 0.6 is 22.7 Å². The van der Waals surface area contributed by atoms with Crippen LogP contribution in [-0.2, 0) is 9.59 Å². The predicted octanol–water partition coefficient (Wildman–Crippen LogP) is 7.29. The van der Waals surface area contributed by atoms with Crippen molar-refractivity contribution in [3.05, 3.63) is 94.4 Å². The van der Waals surface area contributed by atoms with Gasteiger partial charge < -0.3 is 4.90 Å². The molecule has 1 N–H and O–H groups in total. The zero-order valence-electron chi connectivity index (χ0n) is 20.9. The van der Waals surface area contributed by atoms with Crippen LogP contribution in [0.1, 0.15) is 16.0 Å². The lowest BCUT2D eigenvalue weighted by Crippen LogP contribution is -2.52. The van der Waals surface area contributed by atoms with Gasteiger partial charge in [-0.1, -0.05) is 35.4 Å². The molecule has 1 aliphatic heterocycles. The van der Waals surface area contributed by atoms with Crippen molar-refractivity contribution in [3.63, 3.8) is 0 Å². The van der Waals surface area contributed by atoms with E-state index in [1.165, 1.54) is 29.5 Å². The quantitative estimate of drug-likeness (QED) is 0.193. The van der Waals surface area contributed by atoms with Gasteiger partial charge in [0.2, 0.25) is 0 Å². The third-order valence-electron chi connectivity index (χ3n) is 6.56. The van der Waals surface area contributed by atoms with Gasteiger partial charge in [-0.25, -0.2) is 4.79 Å². The molecule has 1 fully saturated rings. The van der Waals surface area contributed by atoms with E-state index in [0.717, 1.165) is 46.3 Å². The first kappa shape index (κ1) is 24.1. The SMILES string of the molecule is Cc1ccc(N(c2ccc(C)cc2)c2cc3cc4sc(/C=C5\C(=O)NC(=O)N(C)C5=O)cc4cc3s2)cc1. The number of imide groups is 2. The number of hydrogen-bond acceptors (Lipinski definition) is 6. The average Bonchev–Trinajstić information content (AvgIpc) is 3.48. The van der Waals surface area contributed by atoms with Gasteiger partial charge in [-0.3, -0.25) is 19.8 Å². The van der Waals surface area contributed by atoms with E-state index < -0.39 is 17.8 Å². The number of thiophene rings is 2. The Morgan fingerprint density at radius 1 is 0.763 bits per heavy atom. The maximum Gasteiger partial charge on any atom is 0.331 e. The second-order valence-corrected chi connectivity index (χ2v) is 11.5. The van der Waals surface area contributed by atoms with E-state index in [1.54, 1.807) is 17.4 Å². The minimum absolute atomic E-state index is 0.0467. The molecule has 3 aromatic carbocycles. The van der Waals surface area contributed by atoms with E-state index in [4.69, 9.17) is 0 Å². The van der Waals surface area contributed by atoms with Crippen LogP contribution in [0.4, 0.5) is 21.2 Å². The van der Waals surface area contributed by atoms with Crippen molar-refractivity contribution >= 4 is 83.1 Å². The molecule has 1 saturated heterocycles. The Bertz CT molecular complexity index is 1680. The molecule has 188 valence electrons. The molecular formula is C30H23N3O3S2. The molecule has 6 rings (SSSR count). The number of urea groups is 1. The molecule has 8 heteroatoms. The topological polar surface area (TPSA) is 69.7 Å². The van der Waals surface area contributed by atoms with Gasteiger partial charge >= 0.3 is 6.03 Å². The average molecular weight is 538 g/mol. The third-order valence-corrected chi connectivity index (χ3v) is 8.69. The zero-order valence-corrected chi connectivity index (χ0v) is 22.6. The maximum atomic E-state index is 12.5. The molecule has 38 heavy (non-hydrogen) atoms. The summed E-state index contributed by atoms with van der Waals surface area (Å²) < 4.78 is 2.20. The van der Waals surface area contributed by atoms with Crippen LogP contribution in [0.2, 0.25) is 0 Å². The lowest BCUT2D eigenvalue weighted by atomic mass is 10.1. The Labute approximate surface area is 227 Å². The molecule has 5 aromatic rings. The lowest BCUT2D eigenvalue weighted by molar-refractivity contribution is -0.129. The molecule has 6 nitrogen and oxygen atoms in total. The molecule has 0 unspecified atom stereocenters.